The van der Waals surface area contributed by atoms with Gasteiger partial charge in [0.05, 0.1) is 5.69 Å². The van der Waals surface area contributed by atoms with Gasteiger partial charge in [0.15, 0.2) is 5.01 Å². The topological polar surface area (TPSA) is 101 Å². The maximum Gasteiger partial charge on any atom is 0.280 e. The molecule has 5 aromatic rings. The Morgan fingerprint density at radius 2 is 1.78 bits per heavy atom. The van der Waals surface area contributed by atoms with E-state index in [2.05, 4.69) is 52.1 Å². The third-order valence-corrected chi connectivity index (χ3v) is 7.70. The summed E-state index contributed by atoms with van der Waals surface area (Å²) in [5, 5.41) is 4.39. The van der Waals surface area contributed by atoms with Crippen molar-refractivity contribution in [3.05, 3.63) is 87.6 Å². The van der Waals surface area contributed by atoms with Crippen LogP contribution in [0.3, 0.4) is 0 Å². The molecule has 37 heavy (non-hydrogen) atoms. The molecule has 0 saturated carbocycles. The predicted octanol–water partition coefficient (Wildman–Crippen LogP) is 6.10. The van der Waals surface area contributed by atoms with Crippen LogP contribution in [-0.4, -0.2) is 32.1 Å². The molecule has 1 amide bonds. The molecule has 3 aromatic heterocycles. The molecule has 0 aliphatic carbocycles. The second-order valence-corrected chi connectivity index (χ2v) is 11.0. The van der Waals surface area contributed by atoms with Gasteiger partial charge in [-0.15, -0.1) is 11.3 Å². The van der Waals surface area contributed by atoms with Gasteiger partial charge in [0, 0.05) is 39.8 Å². The van der Waals surface area contributed by atoms with E-state index < -0.39 is 0 Å². The highest BCUT2D eigenvalue weighted by Crippen LogP contribution is 2.31. The fourth-order valence-corrected chi connectivity index (χ4v) is 4.98. The number of carbonyl (C=O) groups excluding carboxylic acids is 2. The third-order valence-electron chi connectivity index (χ3n) is 6.28. The van der Waals surface area contributed by atoms with Crippen molar-refractivity contribution in [2.45, 2.75) is 39.7 Å². The van der Waals surface area contributed by atoms with Gasteiger partial charge in [-0.05, 0) is 41.2 Å². The summed E-state index contributed by atoms with van der Waals surface area (Å²) >= 11 is 1.43. The zero-order valence-electron chi connectivity index (χ0n) is 21.1. The van der Waals surface area contributed by atoms with E-state index in [9.17, 15) is 9.59 Å². The quantitative estimate of drug-likeness (QED) is 0.270. The molecule has 2 N–H and O–H groups in total. The van der Waals surface area contributed by atoms with Crippen molar-refractivity contribution >= 4 is 34.6 Å². The molecule has 8 heteroatoms. The lowest BCUT2D eigenvalue weighted by atomic mass is 9.96. The molecule has 7 nitrogen and oxygen atoms in total. The maximum atomic E-state index is 12.7. The van der Waals surface area contributed by atoms with E-state index >= 15 is 0 Å². The number of H-pyrrole nitrogens is 1. The molecule has 3 heterocycles. The molecular weight excluding hydrogens is 482 g/mol. The Balaban J connectivity index is 1.36. The van der Waals surface area contributed by atoms with Gasteiger partial charge >= 0.3 is 0 Å². The van der Waals surface area contributed by atoms with Gasteiger partial charge in [0.1, 0.15) is 18.3 Å². The molecule has 0 unspecified atom stereocenters. The van der Waals surface area contributed by atoms with Gasteiger partial charge < -0.3 is 10.3 Å². The van der Waals surface area contributed by atoms with E-state index in [1.165, 1.54) is 11.3 Å². The summed E-state index contributed by atoms with van der Waals surface area (Å²) in [6, 6.07) is 15.5. The number of nitrogens with zero attached hydrogens (tertiary/aromatic N) is 3. The molecule has 0 atom stereocenters. The van der Waals surface area contributed by atoms with Crippen molar-refractivity contribution < 1.29 is 9.59 Å². The highest BCUT2D eigenvalue weighted by Gasteiger charge is 2.20. The lowest BCUT2D eigenvalue weighted by Crippen LogP contribution is -2.23. The summed E-state index contributed by atoms with van der Waals surface area (Å²) in [7, 11) is 0. The Kier molecular flexibility index (Phi) is 6.43. The first-order valence-corrected chi connectivity index (χ1v) is 12.8. The molecule has 0 aliphatic heterocycles. The van der Waals surface area contributed by atoms with E-state index in [1.807, 2.05) is 37.3 Å². The summed E-state index contributed by atoms with van der Waals surface area (Å²) in [6.07, 6.45) is 4.17. The second-order valence-electron chi connectivity index (χ2n) is 10.0. The summed E-state index contributed by atoms with van der Waals surface area (Å²) in [5.74, 6) is -0.164. The molecule has 0 spiro atoms. The monoisotopic (exact) mass is 509 g/mol. The Morgan fingerprint density at radius 1 is 1.03 bits per heavy atom. The van der Waals surface area contributed by atoms with Crippen LogP contribution < -0.4 is 5.32 Å². The number of nitrogens with one attached hydrogen (secondary N) is 2. The first-order chi connectivity index (χ1) is 17.7. The molecule has 0 saturated heterocycles. The normalized spacial score (nSPS) is 11.6. The minimum atomic E-state index is -0.164. The van der Waals surface area contributed by atoms with Crippen molar-refractivity contribution in [2.75, 3.05) is 0 Å². The van der Waals surface area contributed by atoms with Gasteiger partial charge in [0.25, 0.3) is 5.91 Å². The lowest BCUT2D eigenvalue weighted by Gasteiger charge is -2.14. The van der Waals surface area contributed by atoms with Crippen molar-refractivity contribution in [1.29, 1.82) is 0 Å². The van der Waals surface area contributed by atoms with E-state index in [0.29, 0.717) is 17.1 Å². The Labute approximate surface area is 219 Å². The first kappa shape index (κ1) is 24.5. The molecule has 0 aliphatic rings. The summed E-state index contributed by atoms with van der Waals surface area (Å²) < 4.78 is 0. The minimum absolute atomic E-state index is 0.0315. The molecule has 0 fully saturated rings. The molecule has 5 rings (SSSR count). The highest BCUT2D eigenvalue weighted by molar-refractivity contribution is 7.13. The van der Waals surface area contributed by atoms with Gasteiger partial charge in [-0.3, -0.25) is 9.59 Å². The molecule has 0 bridgehead atoms. The Bertz CT molecular complexity index is 1610. The number of fused-ring (bicyclic) bond motifs is 1. The van der Waals surface area contributed by atoms with Crippen LogP contribution in [0.2, 0.25) is 0 Å². The number of carbonyl (C=O) groups is 2. The van der Waals surface area contributed by atoms with Crippen molar-refractivity contribution in [3.8, 4) is 22.5 Å². The van der Waals surface area contributed by atoms with Crippen LogP contribution in [0, 0.1) is 6.92 Å². The average Bonchev–Trinajstić information content (AvgIpc) is 3.56. The summed E-state index contributed by atoms with van der Waals surface area (Å²) in [6.45, 7) is 8.78. The van der Waals surface area contributed by atoms with Gasteiger partial charge in [-0.2, -0.15) is 0 Å². The number of aldehydes is 1. The van der Waals surface area contributed by atoms with Crippen LogP contribution >= 0.6 is 11.3 Å². The zero-order valence-corrected chi connectivity index (χ0v) is 21.9. The second kappa shape index (κ2) is 9.71. The van der Waals surface area contributed by atoms with Gasteiger partial charge in [0.2, 0.25) is 0 Å². The van der Waals surface area contributed by atoms with Crippen LogP contribution in [0.1, 0.15) is 56.9 Å². The maximum absolute atomic E-state index is 12.7. The largest absolute Gasteiger partial charge is 0.346 e. The number of thiazole rings is 1. The van der Waals surface area contributed by atoms with Crippen LogP contribution in [0.25, 0.3) is 33.5 Å². The van der Waals surface area contributed by atoms with Gasteiger partial charge in [-0.1, -0.05) is 57.2 Å². The van der Waals surface area contributed by atoms with Gasteiger partial charge in [-0.25, -0.2) is 15.0 Å². The van der Waals surface area contributed by atoms with Crippen LogP contribution in [0.15, 0.2) is 61.1 Å². The third kappa shape index (κ3) is 5.06. The zero-order chi connectivity index (χ0) is 26.2. The summed E-state index contributed by atoms with van der Waals surface area (Å²) in [5.41, 5.74) is 7.09. The van der Waals surface area contributed by atoms with Crippen molar-refractivity contribution in [1.82, 2.24) is 25.3 Å². The van der Waals surface area contributed by atoms with E-state index in [4.69, 9.17) is 0 Å². The number of benzene rings is 2. The number of aromatic amines is 1. The number of rotatable bonds is 6. The number of aryl methyl sites for hydroxylation is 1. The van der Waals surface area contributed by atoms with Crippen molar-refractivity contribution in [2.24, 2.45) is 0 Å². The fraction of sp³-hybridized carbons (Fsp3) is 0.207. The molecule has 186 valence electrons. The molecule has 0 radical (unpaired) electrons. The lowest BCUT2D eigenvalue weighted by molar-refractivity contribution is 0.0950. The van der Waals surface area contributed by atoms with E-state index in [0.717, 1.165) is 55.8 Å². The molecule has 2 aromatic carbocycles. The van der Waals surface area contributed by atoms with Crippen molar-refractivity contribution in [3.63, 3.8) is 0 Å². The van der Waals surface area contributed by atoms with E-state index in [-0.39, 0.29) is 11.3 Å². The predicted molar refractivity (Wildman–Crippen MR) is 147 cm³/mol. The smallest absolute Gasteiger partial charge is 0.280 e. The number of hydrogen-bond acceptors (Lipinski definition) is 6. The fourth-order valence-electron chi connectivity index (χ4n) is 4.09. The van der Waals surface area contributed by atoms with Crippen LogP contribution in [0.4, 0.5) is 0 Å². The SMILES string of the molecule is Cc1cc(-c2ncnc3[nH]c(-c4ccc(C=O)cc4)cc23)ccc1CNC(=O)c1ncc(C(C)(C)C)s1. The highest BCUT2D eigenvalue weighted by atomic mass is 32.1. The first-order valence-electron chi connectivity index (χ1n) is 12.0. The van der Waals surface area contributed by atoms with Crippen LogP contribution in [0.5, 0.6) is 0 Å². The molecular formula is C29H27N5O2S. The standard InChI is InChI=1S/C29H27N5O2S/c1-17-11-20(9-10-21(17)13-30-27(36)28-31-14-24(37-28)29(2,3)4)25-22-12-23(34-26(22)33-16-32-25)19-7-5-18(15-35)6-8-19/h5-12,14-16H,13H2,1-4H3,(H,30,36)(H,32,33,34). The van der Waals surface area contributed by atoms with Crippen LogP contribution in [-0.2, 0) is 12.0 Å². The summed E-state index contributed by atoms with van der Waals surface area (Å²) in [4.78, 5) is 41.3. The number of hydrogen-bond donors (Lipinski definition) is 2. The Morgan fingerprint density at radius 3 is 2.46 bits per heavy atom. The number of aromatic nitrogens is 4. The minimum Gasteiger partial charge on any atom is -0.346 e. The number of amides is 1. The Hall–Kier alpha value is -4.17. The average molecular weight is 510 g/mol. The van der Waals surface area contributed by atoms with E-state index in [1.54, 1.807) is 24.7 Å².